The van der Waals surface area contributed by atoms with E-state index in [1.165, 1.54) is 21.1 Å². The first-order valence-electron chi connectivity index (χ1n) is 4.72. The van der Waals surface area contributed by atoms with Crippen LogP contribution in [-0.4, -0.2) is 20.2 Å². The molecular weight excluding hydrogens is 234 g/mol. The summed E-state index contributed by atoms with van der Waals surface area (Å²) in [6, 6.07) is 2.21. The number of halogens is 2. The van der Waals surface area contributed by atoms with Gasteiger partial charge in [0.1, 0.15) is 0 Å². The summed E-state index contributed by atoms with van der Waals surface area (Å²) in [5, 5.41) is 0. The summed E-state index contributed by atoms with van der Waals surface area (Å²) in [6.07, 6.45) is -2.66. The Morgan fingerprint density at radius 1 is 1.18 bits per heavy atom. The molecule has 94 valence electrons. The highest BCUT2D eigenvalue weighted by Gasteiger charge is 2.19. The molecule has 6 heteroatoms. The molecule has 0 aliphatic heterocycles. The van der Waals surface area contributed by atoms with Crippen LogP contribution in [0.3, 0.4) is 0 Å². The Kier molecular flexibility index (Phi) is 4.25. The molecule has 0 atom stereocenters. The number of methoxy groups -OCH3 is 2. The van der Waals surface area contributed by atoms with Gasteiger partial charge in [0, 0.05) is 12.5 Å². The van der Waals surface area contributed by atoms with Gasteiger partial charge < -0.3 is 14.2 Å². The van der Waals surface area contributed by atoms with E-state index in [4.69, 9.17) is 14.2 Å². The minimum atomic E-state index is -2.66. The first-order valence-corrected chi connectivity index (χ1v) is 4.72. The number of hydrogen-bond donors (Lipinski definition) is 0. The third kappa shape index (κ3) is 3.05. The van der Waals surface area contributed by atoms with E-state index in [1.807, 2.05) is 0 Å². The van der Waals surface area contributed by atoms with Gasteiger partial charge in [0.05, 0.1) is 14.2 Å². The van der Waals surface area contributed by atoms with E-state index < -0.39 is 12.4 Å². The Hall–Kier alpha value is -1.85. The van der Waals surface area contributed by atoms with Crippen molar-refractivity contribution in [3.63, 3.8) is 0 Å². The van der Waals surface area contributed by atoms with Crippen LogP contribution in [0.5, 0.6) is 17.2 Å². The van der Waals surface area contributed by atoms with Gasteiger partial charge in [-0.2, -0.15) is 0 Å². The summed E-state index contributed by atoms with van der Waals surface area (Å²) in [7, 11) is 2.58. The minimum absolute atomic E-state index is 0.00750. The summed E-state index contributed by atoms with van der Waals surface area (Å²) in [4.78, 5) is 10.9. The molecule has 0 spiro atoms. The predicted octanol–water partition coefficient (Wildman–Crippen LogP) is 2.57. The van der Waals surface area contributed by atoms with Crippen LogP contribution in [0.25, 0.3) is 0 Å². The average molecular weight is 246 g/mol. The SMILES string of the molecule is COc1cc(C(F)F)cc(OC)c1OC(C)=O. The van der Waals surface area contributed by atoms with E-state index in [1.54, 1.807) is 0 Å². The maximum absolute atomic E-state index is 12.6. The van der Waals surface area contributed by atoms with Crippen molar-refractivity contribution in [2.24, 2.45) is 0 Å². The highest BCUT2D eigenvalue weighted by molar-refractivity contribution is 5.72. The molecule has 0 saturated heterocycles. The van der Waals surface area contributed by atoms with Gasteiger partial charge in [-0.25, -0.2) is 8.78 Å². The number of carbonyl (C=O) groups excluding carboxylic acids is 1. The Morgan fingerprint density at radius 2 is 1.65 bits per heavy atom. The minimum Gasteiger partial charge on any atom is -0.493 e. The van der Waals surface area contributed by atoms with E-state index in [2.05, 4.69) is 0 Å². The molecule has 0 N–H and O–H groups in total. The summed E-state index contributed by atoms with van der Waals surface area (Å²) in [6.45, 7) is 1.19. The Bertz CT molecular complexity index is 393. The van der Waals surface area contributed by atoms with Crippen LogP contribution in [-0.2, 0) is 4.79 Å². The molecule has 1 rings (SSSR count). The standard InChI is InChI=1S/C11H12F2O4/c1-6(14)17-10-8(15-2)4-7(11(12)13)5-9(10)16-3/h4-5,11H,1-3H3. The lowest BCUT2D eigenvalue weighted by atomic mass is 10.2. The highest BCUT2D eigenvalue weighted by atomic mass is 19.3. The molecule has 0 radical (unpaired) electrons. The molecule has 1 aromatic carbocycles. The fourth-order valence-electron chi connectivity index (χ4n) is 1.27. The molecule has 0 aliphatic carbocycles. The molecule has 17 heavy (non-hydrogen) atoms. The molecular formula is C11H12F2O4. The van der Waals surface area contributed by atoms with Crippen molar-refractivity contribution in [2.45, 2.75) is 13.3 Å². The number of esters is 1. The average Bonchev–Trinajstić information content (AvgIpc) is 2.28. The monoisotopic (exact) mass is 246 g/mol. The lowest BCUT2D eigenvalue weighted by molar-refractivity contribution is -0.132. The molecule has 4 nitrogen and oxygen atoms in total. The Labute approximate surface area is 97.1 Å². The lowest BCUT2D eigenvalue weighted by Crippen LogP contribution is -2.05. The van der Waals surface area contributed by atoms with Crippen LogP contribution in [0.15, 0.2) is 12.1 Å². The number of ether oxygens (including phenoxy) is 3. The maximum atomic E-state index is 12.6. The second-order valence-corrected chi connectivity index (χ2v) is 3.15. The van der Waals surface area contributed by atoms with Crippen molar-refractivity contribution >= 4 is 5.97 Å². The van der Waals surface area contributed by atoms with E-state index in [0.717, 1.165) is 12.1 Å². The molecule has 0 heterocycles. The zero-order valence-corrected chi connectivity index (χ0v) is 9.62. The van der Waals surface area contributed by atoms with Crippen molar-refractivity contribution in [3.05, 3.63) is 17.7 Å². The summed E-state index contributed by atoms with van der Waals surface area (Å²) in [5.74, 6) is -0.553. The second-order valence-electron chi connectivity index (χ2n) is 3.15. The van der Waals surface area contributed by atoms with Gasteiger partial charge in [-0.1, -0.05) is 0 Å². The smallest absolute Gasteiger partial charge is 0.308 e. The van der Waals surface area contributed by atoms with Crippen molar-refractivity contribution in [1.29, 1.82) is 0 Å². The quantitative estimate of drug-likeness (QED) is 0.605. The number of rotatable bonds is 4. The van der Waals surface area contributed by atoms with Gasteiger partial charge in [0.15, 0.2) is 11.5 Å². The fourth-order valence-corrected chi connectivity index (χ4v) is 1.27. The summed E-state index contributed by atoms with van der Waals surface area (Å²) >= 11 is 0. The van der Waals surface area contributed by atoms with Crippen LogP contribution >= 0.6 is 0 Å². The molecule has 0 aliphatic rings. The second kappa shape index (κ2) is 5.47. The number of alkyl halides is 2. The largest absolute Gasteiger partial charge is 0.493 e. The van der Waals surface area contributed by atoms with Gasteiger partial charge in [0.25, 0.3) is 6.43 Å². The molecule has 0 aromatic heterocycles. The first-order chi connectivity index (χ1) is 7.99. The van der Waals surface area contributed by atoms with Gasteiger partial charge in [-0.15, -0.1) is 0 Å². The van der Waals surface area contributed by atoms with Crippen molar-refractivity contribution < 1.29 is 27.8 Å². The topological polar surface area (TPSA) is 44.8 Å². The maximum Gasteiger partial charge on any atom is 0.308 e. The molecule has 0 bridgehead atoms. The fraction of sp³-hybridized carbons (Fsp3) is 0.364. The van der Waals surface area contributed by atoms with Crippen molar-refractivity contribution in [2.75, 3.05) is 14.2 Å². The van der Waals surface area contributed by atoms with Crippen LogP contribution in [0.1, 0.15) is 18.9 Å². The number of carbonyl (C=O) groups is 1. The van der Waals surface area contributed by atoms with E-state index in [9.17, 15) is 13.6 Å². The first kappa shape index (κ1) is 13.2. The molecule has 0 amide bonds. The normalized spacial score (nSPS) is 10.2. The van der Waals surface area contributed by atoms with Gasteiger partial charge >= 0.3 is 5.97 Å². The van der Waals surface area contributed by atoms with Gasteiger partial charge in [0.2, 0.25) is 5.75 Å². The van der Waals surface area contributed by atoms with Crippen LogP contribution in [0.2, 0.25) is 0 Å². The number of hydrogen-bond acceptors (Lipinski definition) is 4. The van der Waals surface area contributed by atoms with Gasteiger partial charge in [-0.05, 0) is 12.1 Å². The van der Waals surface area contributed by atoms with E-state index >= 15 is 0 Å². The summed E-state index contributed by atoms with van der Waals surface area (Å²) < 4.78 is 39.8. The predicted molar refractivity (Wildman–Crippen MR) is 55.8 cm³/mol. The zero-order chi connectivity index (χ0) is 13.0. The van der Waals surface area contributed by atoms with Gasteiger partial charge in [-0.3, -0.25) is 4.79 Å². The van der Waals surface area contributed by atoms with Crippen LogP contribution < -0.4 is 14.2 Å². The van der Waals surface area contributed by atoms with Crippen molar-refractivity contribution in [3.8, 4) is 17.2 Å². The zero-order valence-electron chi connectivity index (χ0n) is 9.62. The number of benzene rings is 1. The molecule has 0 saturated carbocycles. The Morgan fingerprint density at radius 3 is 1.94 bits per heavy atom. The lowest BCUT2D eigenvalue weighted by Gasteiger charge is -2.14. The summed E-state index contributed by atoms with van der Waals surface area (Å²) in [5.41, 5.74) is -0.269. The van der Waals surface area contributed by atoms with Crippen molar-refractivity contribution in [1.82, 2.24) is 0 Å². The third-order valence-electron chi connectivity index (χ3n) is 1.98. The molecule has 0 fully saturated rings. The van der Waals surface area contributed by atoms with E-state index in [-0.39, 0.29) is 22.8 Å². The molecule has 1 aromatic rings. The van der Waals surface area contributed by atoms with E-state index in [0.29, 0.717) is 0 Å². The van der Waals surface area contributed by atoms with Crippen LogP contribution in [0.4, 0.5) is 8.78 Å². The highest BCUT2D eigenvalue weighted by Crippen LogP contribution is 2.40. The molecule has 0 unspecified atom stereocenters. The Balaban J connectivity index is 3.30. The van der Waals surface area contributed by atoms with Crippen LogP contribution in [0, 0.1) is 0 Å². The third-order valence-corrected chi connectivity index (χ3v) is 1.98.